The van der Waals surface area contributed by atoms with E-state index >= 15 is 0 Å². The van der Waals surface area contributed by atoms with Gasteiger partial charge in [-0.25, -0.2) is 4.79 Å². The van der Waals surface area contributed by atoms with Gasteiger partial charge in [0.05, 0.1) is 0 Å². The van der Waals surface area contributed by atoms with Crippen LogP contribution in [-0.2, 0) is 14.3 Å². The average Bonchev–Trinajstić information content (AvgIpc) is 2.81. The first-order valence-corrected chi connectivity index (χ1v) is 13.0. The van der Waals surface area contributed by atoms with Gasteiger partial charge in [-0.1, -0.05) is 69.3 Å². The molecule has 0 saturated heterocycles. The second-order valence-electron chi connectivity index (χ2n) is 10.9. The van der Waals surface area contributed by atoms with E-state index < -0.39 is 23.8 Å². The Balaban J connectivity index is 2.55. The van der Waals surface area contributed by atoms with Gasteiger partial charge in [-0.2, -0.15) is 0 Å². The normalized spacial score (nSPS) is 13.9. The zero-order valence-electron chi connectivity index (χ0n) is 23.7. The molecule has 0 fully saturated rings. The summed E-state index contributed by atoms with van der Waals surface area (Å²) in [5.74, 6) is -0.873. The summed E-state index contributed by atoms with van der Waals surface area (Å²) >= 11 is 0. The number of anilines is 1. The molecule has 0 bridgehead atoms. The van der Waals surface area contributed by atoms with Crippen molar-refractivity contribution in [3.05, 3.63) is 65.2 Å². The van der Waals surface area contributed by atoms with Gasteiger partial charge in [-0.05, 0) is 70.6 Å². The van der Waals surface area contributed by atoms with E-state index in [-0.39, 0.29) is 23.8 Å². The van der Waals surface area contributed by atoms with Gasteiger partial charge in [0.15, 0.2) is 0 Å². The number of rotatable bonds is 9. The number of ether oxygens (including phenoxy) is 1. The maximum atomic E-state index is 14.2. The van der Waals surface area contributed by atoms with Crippen molar-refractivity contribution in [2.24, 2.45) is 5.92 Å². The van der Waals surface area contributed by atoms with Crippen LogP contribution in [0.25, 0.3) is 0 Å². The molecule has 7 nitrogen and oxygen atoms in total. The van der Waals surface area contributed by atoms with Crippen molar-refractivity contribution < 1.29 is 19.1 Å². The highest BCUT2D eigenvalue weighted by atomic mass is 16.6. The van der Waals surface area contributed by atoms with Crippen molar-refractivity contribution in [2.45, 2.75) is 92.5 Å². The van der Waals surface area contributed by atoms with Crippen LogP contribution >= 0.6 is 0 Å². The first kappa shape index (κ1) is 29.9. The summed E-state index contributed by atoms with van der Waals surface area (Å²) in [5.41, 5.74) is 2.60. The van der Waals surface area contributed by atoms with E-state index in [0.717, 1.165) is 16.8 Å². The molecule has 3 amide bonds. The van der Waals surface area contributed by atoms with Crippen LogP contribution in [0.15, 0.2) is 48.5 Å². The molecule has 0 aliphatic heterocycles. The third-order valence-electron chi connectivity index (χ3n) is 6.30. The molecule has 3 unspecified atom stereocenters. The van der Waals surface area contributed by atoms with E-state index in [4.69, 9.17) is 4.74 Å². The molecule has 202 valence electrons. The topological polar surface area (TPSA) is 87.7 Å². The lowest BCUT2D eigenvalue weighted by Crippen LogP contribution is -2.56. The zero-order valence-corrected chi connectivity index (χ0v) is 23.7. The molecule has 0 saturated carbocycles. The van der Waals surface area contributed by atoms with Crippen molar-refractivity contribution in [1.29, 1.82) is 0 Å². The summed E-state index contributed by atoms with van der Waals surface area (Å²) in [5, 5.41) is 5.85. The van der Waals surface area contributed by atoms with E-state index in [2.05, 4.69) is 10.6 Å². The van der Waals surface area contributed by atoms with Crippen molar-refractivity contribution in [2.75, 3.05) is 5.32 Å². The summed E-state index contributed by atoms with van der Waals surface area (Å²) < 4.78 is 5.43. The molecule has 7 heteroatoms. The van der Waals surface area contributed by atoms with Crippen molar-refractivity contribution in [1.82, 2.24) is 10.2 Å². The lowest BCUT2D eigenvalue weighted by Gasteiger charge is -2.39. The molecule has 0 radical (unpaired) electrons. The molecule has 0 spiro atoms. The van der Waals surface area contributed by atoms with Gasteiger partial charge in [0.1, 0.15) is 17.7 Å². The van der Waals surface area contributed by atoms with Gasteiger partial charge in [-0.3, -0.25) is 9.59 Å². The van der Waals surface area contributed by atoms with Crippen molar-refractivity contribution >= 4 is 23.6 Å². The van der Waals surface area contributed by atoms with Crippen LogP contribution in [-0.4, -0.2) is 40.5 Å². The summed E-state index contributed by atoms with van der Waals surface area (Å²) in [6.07, 6.45) is -0.0388. The highest BCUT2D eigenvalue weighted by molar-refractivity contribution is 6.00. The Hall–Kier alpha value is -3.35. The fourth-order valence-electron chi connectivity index (χ4n) is 4.18. The Morgan fingerprint density at radius 3 is 1.97 bits per heavy atom. The van der Waals surface area contributed by atoms with Gasteiger partial charge in [-0.15, -0.1) is 0 Å². The predicted molar refractivity (Wildman–Crippen MR) is 148 cm³/mol. The Labute approximate surface area is 222 Å². The number of carbonyl (C=O) groups excluding carboxylic acids is 3. The van der Waals surface area contributed by atoms with Crippen LogP contribution in [0.1, 0.15) is 77.6 Å². The van der Waals surface area contributed by atoms with Crippen LogP contribution < -0.4 is 10.6 Å². The number of para-hydroxylation sites is 1. The SMILES string of the molecule is CCC(C)N(C(=O)C(NC(=O)OC(C)(C)C)C(C)C)C(C(=O)Nc1c(C)cccc1C)c1ccccc1. The molecule has 2 aromatic rings. The fraction of sp³-hybridized carbons (Fsp3) is 0.500. The second kappa shape index (κ2) is 12.7. The molecule has 37 heavy (non-hydrogen) atoms. The molecule has 3 atom stereocenters. The minimum Gasteiger partial charge on any atom is -0.444 e. The molecule has 0 aliphatic carbocycles. The van der Waals surface area contributed by atoms with Crippen LogP contribution in [0.4, 0.5) is 10.5 Å². The largest absolute Gasteiger partial charge is 0.444 e. The third-order valence-corrected chi connectivity index (χ3v) is 6.30. The van der Waals surface area contributed by atoms with Gasteiger partial charge in [0.2, 0.25) is 5.91 Å². The van der Waals surface area contributed by atoms with E-state index in [9.17, 15) is 14.4 Å². The number of hydrogen-bond acceptors (Lipinski definition) is 4. The van der Waals surface area contributed by atoms with E-state index in [1.165, 1.54) is 0 Å². The quantitative estimate of drug-likeness (QED) is 0.424. The number of aryl methyl sites for hydroxylation is 2. The van der Waals surface area contributed by atoms with Gasteiger partial charge in [0, 0.05) is 11.7 Å². The monoisotopic (exact) mass is 509 g/mol. The van der Waals surface area contributed by atoms with E-state index in [0.29, 0.717) is 12.0 Å². The maximum Gasteiger partial charge on any atom is 0.408 e. The first-order valence-electron chi connectivity index (χ1n) is 13.0. The Morgan fingerprint density at radius 2 is 1.49 bits per heavy atom. The van der Waals surface area contributed by atoms with Crippen molar-refractivity contribution in [3.8, 4) is 0 Å². The maximum absolute atomic E-state index is 14.2. The van der Waals surface area contributed by atoms with Gasteiger partial charge >= 0.3 is 6.09 Å². The minimum absolute atomic E-state index is 0.232. The standard InChI is InChI=1S/C30H43N3O4/c1-10-22(6)33(28(35)24(19(2)3)32-29(36)37-30(7,8)9)26(23-17-12-11-13-18-23)27(34)31-25-20(4)15-14-16-21(25)5/h11-19,22,24,26H,10H2,1-9H3,(H,31,34)(H,32,36). The molecule has 0 aromatic heterocycles. The van der Waals surface area contributed by atoms with Crippen molar-refractivity contribution in [3.63, 3.8) is 0 Å². The second-order valence-corrected chi connectivity index (χ2v) is 10.9. The van der Waals surface area contributed by atoms with Crippen LogP contribution in [0, 0.1) is 19.8 Å². The molecule has 0 heterocycles. The third kappa shape index (κ3) is 8.07. The molecular formula is C30H43N3O4. The summed E-state index contributed by atoms with van der Waals surface area (Å²) in [7, 11) is 0. The number of nitrogens with zero attached hydrogens (tertiary/aromatic N) is 1. The molecule has 2 rings (SSSR count). The lowest BCUT2D eigenvalue weighted by atomic mass is 9.96. The molecule has 2 N–H and O–H groups in total. The number of carbonyl (C=O) groups is 3. The van der Waals surface area contributed by atoms with Gasteiger partial charge in [0.25, 0.3) is 5.91 Å². The number of hydrogen-bond donors (Lipinski definition) is 2. The molecule has 0 aliphatic rings. The minimum atomic E-state index is -0.899. The highest BCUT2D eigenvalue weighted by Gasteiger charge is 2.39. The summed E-state index contributed by atoms with van der Waals surface area (Å²) in [6, 6.07) is 13.1. The summed E-state index contributed by atoms with van der Waals surface area (Å²) in [4.78, 5) is 42.4. The van der Waals surface area contributed by atoms with Crippen LogP contribution in [0.5, 0.6) is 0 Å². The first-order chi connectivity index (χ1) is 17.3. The number of nitrogens with one attached hydrogen (secondary N) is 2. The Kier molecular flexibility index (Phi) is 10.3. The van der Waals surface area contributed by atoms with E-state index in [1.54, 1.807) is 25.7 Å². The zero-order chi connectivity index (χ0) is 27.9. The Bertz CT molecular complexity index is 1060. The van der Waals surface area contributed by atoms with E-state index in [1.807, 2.05) is 90.1 Å². The average molecular weight is 510 g/mol. The number of alkyl carbamates (subject to hydrolysis) is 1. The molecular weight excluding hydrogens is 466 g/mol. The molecule has 2 aromatic carbocycles. The number of amides is 3. The fourth-order valence-corrected chi connectivity index (χ4v) is 4.18. The van der Waals surface area contributed by atoms with Gasteiger partial charge < -0.3 is 20.3 Å². The van der Waals surface area contributed by atoms with Crippen LogP contribution in [0.2, 0.25) is 0 Å². The lowest BCUT2D eigenvalue weighted by molar-refractivity contribution is -0.144. The Morgan fingerprint density at radius 1 is 0.919 bits per heavy atom. The van der Waals surface area contributed by atoms with Crippen LogP contribution in [0.3, 0.4) is 0 Å². The highest BCUT2D eigenvalue weighted by Crippen LogP contribution is 2.29. The predicted octanol–water partition coefficient (Wildman–Crippen LogP) is 6.16. The smallest absolute Gasteiger partial charge is 0.408 e. The summed E-state index contributed by atoms with van der Waals surface area (Å²) in [6.45, 7) is 16.8. The number of benzene rings is 2.